The highest BCUT2D eigenvalue weighted by atomic mass is 32.1. The fourth-order valence-electron chi connectivity index (χ4n) is 3.93. The van der Waals surface area contributed by atoms with Gasteiger partial charge in [0.1, 0.15) is 0 Å². The second kappa shape index (κ2) is 7.92. The molecule has 0 bridgehead atoms. The number of fused-ring (bicyclic) bond motifs is 1. The van der Waals surface area contributed by atoms with Gasteiger partial charge in [0.05, 0.1) is 16.3 Å². The predicted octanol–water partition coefficient (Wildman–Crippen LogP) is 4.98. The highest BCUT2D eigenvalue weighted by molar-refractivity contribution is 7.17. The molecule has 3 aromatic heterocycles. The molecule has 0 radical (unpaired) electrons. The van der Waals surface area contributed by atoms with E-state index < -0.39 is 0 Å². The van der Waals surface area contributed by atoms with Crippen LogP contribution >= 0.6 is 11.3 Å². The highest BCUT2D eigenvalue weighted by Crippen LogP contribution is 2.30. The predicted molar refractivity (Wildman–Crippen MR) is 121 cm³/mol. The lowest BCUT2D eigenvalue weighted by Crippen LogP contribution is -2.13. The van der Waals surface area contributed by atoms with Crippen LogP contribution in [0.3, 0.4) is 0 Å². The summed E-state index contributed by atoms with van der Waals surface area (Å²) >= 11 is 1.43. The van der Waals surface area contributed by atoms with Gasteiger partial charge in [0.25, 0.3) is 5.91 Å². The number of carbonyl (C=O) groups is 2. The fraction of sp³-hybridized carbons (Fsp3) is 0.167. The van der Waals surface area contributed by atoms with Crippen molar-refractivity contribution in [2.45, 2.75) is 19.3 Å². The number of hydrogen-bond donors (Lipinski definition) is 1. The van der Waals surface area contributed by atoms with Crippen LogP contribution in [-0.2, 0) is 13.5 Å². The first kappa shape index (κ1) is 19.4. The minimum atomic E-state index is -0.245. The van der Waals surface area contributed by atoms with Crippen molar-refractivity contribution < 1.29 is 9.59 Å². The topological polar surface area (TPSA) is 76.9 Å². The number of nitrogens with one attached hydrogen (secondary N) is 1. The van der Waals surface area contributed by atoms with Gasteiger partial charge in [-0.2, -0.15) is 0 Å². The van der Waals surface area contributed by atoms with Gasteiger partial charge in [0.15, 0.2) is 5.78 Å². The van der Waals surface area contributed by atoms with Gasteiger partial charge in [-0.3, -0.25) is 14.9 Å². The average Bonchev–Trinajstić information content (AvgIpc) is 3.41. The van der Waals surface area contributed by atoms with Crippen LogP contribution in [0.4, 0.5) is 5.95 Å². The van der Waals surface area contributed by atoms with Crippen molar-refractivity contribution in [3.63, 3.8) is 0 Å². The van der Waals surface area contributed by atoms with Crippen LogP contribution in [0.2, 0.25) is 0 Å². The smallest absolute Gasteiger partial charge is 0.268 e. The van der Waals surface area contributed by atoms with Crippen LogP contribution in [0.25, 0.3) is 21.8 Å². The maximum Gasteiger partial charge on any atom is 0.268 e. The SMILES string of the molecule is Cn1c(-c2ccnc(NC(=O)c3ccc(-c4ccccc4)s3)n2)cc2c1CCCC2=O. The Labute approximate surface area is 183 Å². The summed E-state index contributed by atoms with van der Waals surface area (Å²) in [5.74, 6) is 0.172. The molecule has 1 aliphatic carbocycles. The van der Waals surface area contributed by atoms with Gasteiger partial charge in [-0.1, -0.05) is 30.3 Å². The first-order chi connectivity index (χ1) is 15.1. The third-order valence-corrected chi connectivity index (χ3v) is 6.64. The van der Waals surface area contributed by atoms with Gasteiger partial charge in [-0.15, -0.1) is 11.3 Å². The van der Waals surface area contributed by atoms with Gasteiger partial charge in [0, 0.05) is 35.8 Å². The summed E-state index contributed by atoms with van der Waals surface area (Å²) in [6, 6.07) is 17.4. The standard InChI is InChI=1S/C24H20N4O2S/c1-28-18-8-5-9-20(29)16(18)14-19(28)17-12-13-25-24(26-17)27-23(30)22-11-10-21(31-22)15-6-3-2-4-7-15/h2-4,6-7,10-14H,5,8-9H2,1H3,(H,25,26,27,30). The third-order valence-electron chi connectivity index (χ3n) is 5.51. The number of anilines is 1. The van der Waals surface area contributed by atoms with E-state index in [2.05, 4.69) is 15.3 Å². The lowest BCUT2D eigenvalue weighted by Gasteiger charge is -2.12. The number of amides is 1. The van der Waals surface area contributed by atoms with Crippen molar-refractivity contribution >= 4 is 29.0 Å². The van der Waals surface area contributed by atoms with Crippen molar-refractivity contribution in [3.8, 4) is 21.8 Å². The van der Waals surface area contributed by atoms with Crippen LogP contribution < -0.4 is 5.32 Å². The number of benzene rings is 1. The summed E-state index contributed by atoms with van der Waals surface area (Å²) in [6.07, 6.45) is 3.97. The minimum absolute atomic E-state index is 0.178. The largest absolute Gasteiger partial charge is 0.346 e. The van der Waals surface area contributed by atoms with Crippen molar-refractivity contribution in [1.29, 1.82) is 0 Å². The molecule has 0 saturated carbocycles. The molecule has 0 aliphatic heterocycles. The Balaban J connectivity index is 1.39. The number of aromatic nitrogens is 3. The third kappa shape index (κ3) is 3.68. The molecule has 7 heteroatoms. The molecule has 0 spiro atoms. The van der Waals surface area contributed by atoms with E-state index in [1.165, 1.54) is 11.3 Å². The Kier molecular flexibility index (Phi) is 4.95. The van der Waals surface area contributed by atoms with Gasteiger partial charge in [-0.25, -0.2) is 9.97 Å². The van der Waals surface area contributed by atoms with Gasteiger partial charge >= 0.3 is 0 Å². The molecule has 5 rings (SSSR count). The van der Waals surface area contributed by atoms with Crippen LogP contribution in [0, 0.1) is 0 Å². The number of thiophene rings is 1. The molecule has 1 N–H and O–H groups in total. The van der Waals surface area contributed by atoms with Crippen molar-refractivity contribution in [2.75, 3.05) is 5.32 Å². The first-order valence-electron chi connectivity index (χ1n) is 10.1. The summed E-state index contributed by atoms with van der Waals surface area (Å²) in [5.41, 5.74) is 4.42. The summed E-state index contributed by atoms with van der Waals surface area (Å²) in [6.45, 7) is 0. The molecule has 0 fully saturated rings. The summed E-state index contributed by atoms with van der Waals surface area (Å²) < 4.78 is 2.02. The first-order valence-corrected chi connectivity index (χ1v) is 10.9. The number of nitrogens with zero attached hydrogens (tertiary/aromatic N) is 3. The van der Waals surface area contributed by atoms with Crippen LogP contribution in [0.5, 0.6) is 0 Å². The zero-order chi connectivity index (χ0) is 21.4. The van der Waals surface area contributed by atoms with E-state index in [9.17, 15) is 9.59 Å². The zero-order valence-electron chi connectivity index (χ0n) is 17.0. The number of Topliss-reactive ketones (excluding diaryl/α,β-unsaturated/α-hetero) is 1. The van der Waals surface area contributed by atoms with Crippen molar-refractivity contribution in [1.82, 2.24) is 14.5 Å². The van der Waals surface area contributed by atoms with E-state index >= 15 is 0 Å². The van der Waals surface area contributed by atoms with Crippen LogP contribution in [0.15, 0.2) is 60.8 Å². The Morgan fingerprint density at radius 2 is 1.94 bits per heavy atom. The molecule has 6 nitrogen and oxygen atoms in total. The van der Waals surface area contributed by atoms with E-state index in [4.69, 9.17) is 0 Å². The lowest BCUT2D eigenvalue weighted by atomic mass is 9.97. The summed E-state index contributed by atoms with van der Waals surface area (Å²) in [5, 5.41) is 2.80. The van der Waals surface area contributed by atoms with E-state index in [0.717, 1.165) is 40.2 Å². The van der Waals surface area contributed by atoms with Gasteiger partial charge < -0.3 is 4.57 Å². The van der Waals surface area contributed by atoms with Crippen molar-refractivity contribution in [3.05, 3.63) is 76.9 Å². The molecule has 1 aromatic carbocycles. The second-order valence-electron chi connectivity index (χ2n) is 7.48. The second-order valence-corrected chi connectivity index (χ2v) is 8.56. The Hall–Kier alpha value is -3.58. The Morgan fingerprint density at radius 3 is 2.74 bits per heavy atom. The lowest BCUT2D eigenvalue weighted by molar-refractivity contribution is 0.0970. The van der Waals surface area contributed by atoms with E-state index in [0.29, 0.717) is 17.0 Å². The molecular weight excluding hydrogens is 408 g/mol. The zero-order valence-corrected chi connectivity index (χ0v) is 17.8. The normalized spacial score (nSPS) is 13.1. The van der Waals surface area contributed by atoms with Gasteiger partial charge in [-0.05, 0) is 42.7 Å². The molecule has 1 amide bonds. The van der Waals surface area contributed by atoms with Gasteiger partial charge in [0.2, 0.25) is 5.95 Å². The molecule has 31 heavy (non-hydrogen) atoms. The van der Waals surface area contributed by atoms with E-state index in [-0.39, 0.29) is 17.6 Å². The Bertz CT molecular complexity index is 1290. The number of hydrogen-bond acceptors (Lipinski definition) is 5. The van der Waals surface area contributed by atoms with Crippen molar-refractivity contribution in [2.24, 2.45) is 7.05 Å². The quantitative estimate of drug-likeness (QED) is 0.497. The number of rotatable bonds is 4. The molecule has 154 valence electrons. The van der Waals surface area contributed by atoms with E-state index in [1.54, 1.807) is 12.3 Å². The minimum Gasteiger partial charge on any atom is -0.346 e. The maximum atomic E-state index is 12.7. The molecule has 4 aromatic rings. The molecule has 0 atom stereocenters. The fourth-order valence-corrected chi connectivity index (χ4v) is 4.83. The van der Waals surface area contributed by atoms with Crippen LogP contribution in [0.1, 0.15) is 38.6 Å². The van der Waals surface area contributed by atoms with E-state index in [1.807, 2.05) is 60.1 Å². The summed E-state index contributed by atoms with van der Waals surface area (Å²) in [7, 11) is 1.95. The molecule has 3 heterocycles. The molecule has 0 unspecified atom stereocenters. The number of ketones is 1. The summed E-state index contributed by atoms with van der Waals surface area (Å²) in [4.78, 5) is 35.4. The van der Waals surface area contributed by atoms with Crippen LogP contribution in [-0.4, -0.2) is 26.2 Å². The Morgan fingerprint density at radius 1 is 1.10 bits per heavy atom. The highest BCUT2D eigenvalue weighted by Gasteiger charge is 2.23. The number of carbonyl (C=O) groups excluding carboxylic acids is 2. The molecule has 1 aliphatic rings. The monoisotopic (exact) mass is 428 g/mol. The molecular formula is C24H20N4O2S. The molecule has 0 saturated heterocycles. The maximum absolute atomic E-state index is 12.7. The average molecular weight is 429 g/mol.